The van der Waals surface area contributed by atoms with Gasteiger partial charge in [-0.25, -0.2) is 0 Å². The van der Waals surface area contributed by atoms with Crippen molar-refractivity contribution in [3.8, 4) is 0 Å². The van der Waals surface area contributed by atoms with E-state index in [0.717, 1.165) is 18.8 Å². The standard InChI is InChI=1S/C30H54O4/c1-26(2)22-18-16-14-12-10-8-6-4-3-5-7-9-11-13-15-17-21-25-34-30(33)28-24-20-19-23-27(28)29(31)32/h19-20,26-28H,3-18,21-25H2,1-2H3,(H,31,32). The third-order valence-corrected chi connectivity index (χ3v) is 7.22. The maximum absolute atomic E-state index is 12.2. The van der Waals surface area contributed by atoms with E-state index in [1.165, 1.54) is 103 Å². The van der Waals surface area contributed by atoms with Crippen LogP contribution >= 0.6 is 0 Å². The van der Waals surface area contributed by atoms with Crippen LogP contribution in [0, 0.1) is 17.8 Å². The first-order chi connectivity index (χ1) is 16.5. The first kappa shape index (κ1) is 30.7. The molecule has 4 nitrogen and oxygen atoms in total. The predicted molar refractivity (Wildman–Crippen MR) is 142 cm³/mol. The van der Waals surface area contributed by atoms with Crippen molar-refractivity contribution in [3.63, 3.8) is 0 Å². The number of carboxylic acids is 1. The Morgan fingerprint density at radius 3 is 1.47 bits per heavy atom. The van der Waals surface area contributed by atoms with Gasteiger partial charge in [-0.1, -0.05) is 135 Å². The molecule has 0 saturated heterocycles. The Labute approximate surface area is 210 Å². The van der Waals surface area contributed by atoms with E-state index < -0.39 is 17.8 Å². The number of carbonyl (C=O) groups excluding carboxylic acids is 1. The van der Waals surface area contributed by atoms with Crippen molar-refractivity contribution in [3.05, 3.63) is 12.2 Å². The summed E-state index contributed by atoms with van der Waals surface area (Å²) in [5.74, 6) is -1.53. The molecule has 198 valence electrons. The molecule has 0 fully saturated rings. The molecule has 2 unspecified atom stereocenters. The van der Waals surface area contributed by atoms with Crippen molar-refractivity contribution < 1.29 is 19.4 Å². The van der Waals surface area contributed by atoms with E-state index in [1.54, 1.807) is 0 Å². The summed E-state index contributed by atoms with van der Waals surface area (Å²) in [5.41, 5.74) is 0. The fraction of sp³-hybridized carbons (Fsp3) is 0.867. The summed E-state index contributed by atoms with van der Waals surface area (Å²) in [6.07, 6.45) is 28.7. The predicted octanol–water partition coefficient (Wildman–Crippen LogP) is 8.87. The monoisotopic (exact) mass is 478 g/mol. The number of esters is 1. The third kappa shape index (κ3) is 16.3. The van der Waals surface area contributed by atoms with Crippen LogP contribution in [0.3, 0.4) is 0 Å². The molecule has 1 rings (SSSR count). The molecule has 0 saturated carbocycles. The number of ether oxygens (including phenoxy) is 1. The molecule has 0 aromatic carbocycles. The minimum atomic E-state index is -0.899. The van der Waals surface area contributed by atoms with Crippen LogP contribution in [-0.2, 0) is 14.3 Å². The third-order valence-electron chi connectivity index (χ3n) is 7.22. The smallest absolute Gasteiger partial charge is 0.310 e. The molecular weight excluding hydrogens is 424 g/mol. The van der Waals surface area contributed by atoms with Gasteiger partial charge in [-0.2, -0.15) is 0 Å². The first-order valence-corrected chi connectivity index (χ1v) is 14.6. The van der Waals surface area contributed by atoms with Crippen LogP contribution in [0.15, 0.2) is 12.2 Å². The molecule has 2 atom stereocenters. The van der Waals surface area contributed by atoms with Crippen molar-refractivity contribution in [1.82, 2.24) is 0 Å². The summed E-state index contributed by atoms with van der Waals surface area (Å²) in [6.45, 7) is 5.06. The summed E-state index contributed by atoms with van der Waals surface area (Å²) >= 11 is 0. The average Bonchev–Trinajstić information content (AvgIpc) is 2.82. The Bertz CT molecular complexity index is 540. The zero-order valence-electron chi connectivity index (χ0n) is 22.4. The van der Waals surface area contributed by atoms with Crippen LogP contribution in [0.2, 0.25) is 0 Å². The summed E-state index contributed by atoms with van der Waals surface area (Å²) in [7, 11) is 0. The highest BCUT2D eigenvalue weighted by Crippen LogP contribution is 2.27. The van der Waals surface area contributed by atoms with E-state index in [-0.39, 0.29) is 5.97 Å². The van der Waals surface area contributed by atoms with E-state index in [9.17, 15) is 14.7 Å². The quantitative estimate of drug-likeness (QED) is 0.0958. The summed E-state index contributed by atoms with van der Waals surface area (Å²) < 4.78 is 5.36. The van der Waals surface area contributed by atoms with E-state index in [2.05, 4.69) is 13.8 Å². The lowest BCUT2D eigenvalue weighted by atomic mass is 9.83. The number of hydrogen-bond acceptors (Lipinski definition) is 3. The molecule has 1 N–H and O–H groups in total. The topological polar surface area (TPSA) is 63.6 Å². The minimum absolute atomic E-state index is 0.339. The SMILES string of the molecule is CC(C)CCCCCCCCCCCCCCCCCCCOC(=O)C1CC=CCC1C(=O)O. The fourth-order valence-electron chi connectivity index (χ4n) is 4.93. The van der Waals surface area contributed by atoms with Crippen LogP contribution < -0.4 is 0 Å². The average molecular weight is 479 g/mol. The van der Waals surface area contributed by atoms with Gasteiger partial charge in [-0.3, -0.25) is 9.59 Å². The normalized spacial score (nSPS) is 17.9. The number of hydrogen-bond donors (Lipinski definition) is 1. The zero-order valence-corrected chi connectivity index (χ0v) is 22.4. The van der Waals surface area contributed by atoms with Gasteiger partial charge >= 0.3 is 11.9 Å². The Kier molecular flexibility index (Phi) is 19.0. The Morgan fingerprint density at radius 2 is 1.06 bits per heavy atom. The minimum Gasteiger partial charge on any atom is -0.481 e. The van der Waals surface area contributed by atoms with Crippen molar-refractivity contribution in [2.24, 2.45) is 17.8 Å². The number of carbonyl (C=O) groups is 2. The van der Waals surface area contributed by atoms with Crippen molar-refractivity contribution in [1.29, 1.82) is 0 Å². The number of allylic oxidation sites excluding steroid dienone is 2. The number of unbranched alkanes of at least 4 members (excludes halogenated alkanes) is 16. The lowest BCUT2D eigenvalue weighted by Crippen LogP contribution is -2.32. The van der Waals surface area contributed by atoms with Gasteiger partial charge in [-0.05, 0) is 25.2 Å². The number of aliphatic carboxylic acids is 1. The van der Waals surface area contributed by atoms with Crippen molar-refractivity contribution in [2.45, 2.75) is 142 Å². The molecular formula is C30H54O4. The second-order valence-corrected chi connectivity index (χ2v) is 10.9. The van der Waals surface area contributed by atoms with E-state index >= 15 is 0 Å². The van der Waals surface area contributed by atoms with Gasteiger partial charge < -0.3 is 9.84 Å². The summed E-state index contributed by atoms with van der Waals surface area (Å²) in [5, 5.41) is 9.26. The summed E-state index contributed by atoms with van der Waals surface area (Å²) in [6, 6.07) is 0. The van der Waals surface area contributed by atoms with Gasteiger partial charge in [0.15, 0.2) is 0 Å². The second-order valence-electron chi connectivity index (χ2n) is 10.9. The maximum Gasteiger partial charge on any atom is 0.310 e. The van der Waals surface area contributed by atoms with Crippen LogP contribution in [-0.4, -0.2) is 23.7 Å². The van der Waals surface area contributed by atoms with Gasteiger partial charge in [0.2, 0.25) is 0 Å². The molecule has 0 aliphatic heterocycles. The van der Waals surface area contributed by atoms with Crippen LogP contribution in [0.5, 0.6) is 0 Å². The molecule has 1 aliphatic carbocycles. The van der Waals surface area contributed by atoms with Crippen LogP contribution in [0.25, 0.3) is 0 Å². The lowest BCUT2D eigenvalue weighted by Gasteiger charge is -2.23. The van der Waals surface area contributed by atoms with E-state index in [0.29, 0.717) is 19.4 Å². The Balaban J connectivity index is 1.79. The highest BCUT2D eigenvalue weighted by Gasteiger charge is 2.34. The first-order valence-electron chi connectivity index (χ1n) is 14.6. The molecule has 4 heteroatoms. The highest BCUT2D eigenvalue weighted by molar-refractivity contribution is 5.81. The second kappa shape index (κ2) is 21.0. The molecule has 0 amide bonds. The van der Waals surface area contributed by atoms with E-state index in [4.69, 9.17) is 4.74 Å². The van der Waals surface area contributed by atoms with Crippen LogP contribution in [0.1, 0.15) is 142 Å². The highest BCUT2D eigenvalue weighted by atomic mass is 16.5. The molecule has 0 spiro atoms. The van der Waals surface area contributed by atoms with Gasteiger partial charge in [-0.15, -0.1) is 0 Å². The molecule has 0 bridgehead atoms. The van der Waals surface area contributed by atoms with Crippen molar-refractivity contribution in [2.75, 3.05) is 6.61 Å². The largest absolute Gasteiger partial charge is 0.481 e. The molecule has 0 aromatic heterocycles. The molecule has 0 aromatic rings. The van der Waals surface area contributed by atoms with Crippen molar-refractivity contribution >= 4 is 11.9 Å². The zero-order chi connectivity index (χ0) is 24.9. The van der Waals surface area contributed by atoms with Gasteiger partial charge in [0.25, 0.3) is 0 Å². The van der Waals surface area contributed by atoms with Gasteiger partial charge in [0, 0.05) is 0 Å². The van der Waals surface area contributed by atoms with Gasteiger partial charge in [0.05, 0.1) is 18.4 Å². The van der Waals surface area contributed by atoms with E-state index in [1.807, 2.05) is 12.2 Å². The Morgan fingerprint density at radius 1 is 0.676 bits per heavy atom. The molecule has 34 heavy (non-hydrogen) atoms. The molecule has 0 heterocycles. The van der Waals surface area contributed by atoms with Crippen LogP contribution in [0.4, 0.5) is 0 Å². The van der Waals surface area contributed by atoms with Gasteiger partial charge in [0.1, 0.15) is 0 Å². The number of rotatable bonds is 22. The molecule has 1 aliphatic rings. The lowest BCUT2D eigenvalue weighted by molar-refractivity contribution is -0.158. The summed E-state index contributed by atoms with van der Waals surface area (Å²) in [4.78, 5) is 23.5. The molecule has 0 radical (unpaired) electrons. The fourth-order valence-corrected chi connectivity index (χ4v) is 4.93. The number of carboxylic acid groups (broad SMARTS) is 1. The maximum atomic E-state index is 12.2. The Hall–Kier alpha value is -1.32.